The van der Waals surface area contributed by atoms with Crippen LogP contribution in [0.1, 0.15) is 97.4 Å². The Labute approximate surface area is 220 Å². The molecule has 0 aliphatic rings. The normalized spacial score (nSPS) is 13.0. The molecule has 0 bridgehead atoms. The SMILES string of the molecule is CCC(CC)(c1ccc([B]OC(C)(C)C(C)(C)O)c(C)c1)c1ccc(OCC(=O)C(C)(C)C)c(C)c1. The lowest BCUT2D eigenvalue weighted by Crippen LogP contribution is -2.49. The maximum atomic E-state index is 12.3. The summed E-state index contributed by atoms with van der Waals surface area (Å²) < 4.78 is 11.9. The lowest BCUT2D eigenvalue weighted by atomic mass is 9.69. The Morgan fingerprint density at radius 3 is 1.83 bits per heavy atom. The first kappa shape index (κ1) is 30.1. The van der Waals surface area contributed by atoms with Gasteiger partial charge < -0.3 is 14.5 Å². The Morgan fingerprint density at radius 1 is 0.861 bits per heavy atom. The third-order valence-electron chi connectivity index (χ3n) is 7.91. The van der Waals surface area contributed by atoms with Crippen LogP contribution in [0.15, 0.2) is 36.4 Å². The highest BCUT2D eigenvalue weighted by Gasteiger charge is 2.36. The highest BCUT2D eigenvalue weighted by molar-refractivity contribution is 6.47. The van der Waals surface area contributed by atoms with Gasteiger partial charge in [-0.1, -0.05) is 76.0 Å². The van der Waals surface area contributed by atoms with Gasteiger partial charge in [-0.2, -0.15) is 0 Å². The molecule has 0 aromatic heterocycles. The van der Waals surface area contributed by atoms with Gasteiger partial charge in [0.1, 0.15) is 12.4 Å². The van der Waals surface area contributed by atoms with Crippen molar-refractivity contribution < 1.29 is 19.3 Å². The molecule has 0 fully saturated rings. The molecule has 1 radical (unpaired) electrons. The third kappa shape index (κ3) is 6.60. The molecule has 0 amide bonds. The van der Waals surface area contributed by atoms with Crippen molar-refractivity contribution in [2.75, 3.05) is 6.61 Å². The summed E-state index contributed by atoms with van der Waals surface area (Å²) in [6.07, 6.45) is 1.91. The predicted molar refractivity (Wildman–Crippen MR) is 151 cm³/mol. The first-order chi connectivity index (χ1) is 16.5. The van der Waals surface area contributed by atoms with E-state index in [0.29, 0.717) is 0 Å². The van der Waals surface area contributed by atoms with Gasteiger partial charge in [-0.15, -0.1) is 0 Å². The Kier molecular flexibility index (Phi) is 9.29. The number of aryl methyl sites for hydroxylation is 2. The lowest BCUT2D eigenvalue weighted by Gasteiger charge is -2.38. The predicted octanol–water partition coefficient (Wildman–Crippen LogP) is 6.21. The van der Waals surface area contributed by atoms with Gasteiger partial charge in [-0.25, -0.2) is 0 Å². The summed E-state index contributed by atoms with van der Waals surface area (Å²) in [5, 5.41) is 10.4. The molecule has 36 heavy (non-hydrogen) atoms. The average Bonchev–Trinajstić information content (AvgIpc) is 2.77. The zero-order valence-corrected chi connectivity index (χ0v) is 24.3. The van der Waals surface area contributed by atoms with Crippen LogP contribution in [0.5, 0.6) is 5.75 Å². The van der Waals surface area contributed by atoms with Gasteiger partial charge in [0.15, 0.2) is 5.78 Å². The van der Waals surface area contributed by atoms with Gasteiger partial charge in [-0.05, 0) is 77.1 Å². The number of hydrogen-bond donors (Lipinski definition) is 1. The van der Waals surface area contributed by atoms with E-state index in [-0.39, 0.29) is 17.8 Å². The highest BCUT2D eigenvalue weighted by Crippen LogP contribution is 2.40. The molecule has 1 N–H and O–H groups in total. The summed E-state index contributed by atoms with van der Waals surface area (Å²) in [5.41, 5.74) is 3.44. The van der Waals surface area contributed by atoms with Crippen LogP contribution >= 0.6 is 0 Å². The second-order valence-electron chi connectivity index (χ2n) is 12.1. The quantitative estimate of drug-likeness (QED) is 0.378. The molecule has 0 heterocycles. The molecular weight excluding hydrogens is 447 g/mol. The van der Waals surface area contributed by atoms with E-state index in [4.69, 9.17) is 9.39 Å². The van der Waals surface area contributed by atoms with Crippen LogP contribution in [0, 0.1) is 19.3 Å². The molecule has 0 unspecified atom stereocenters. The summed E-state index contributed by atoms with van der Waals surface area (Å²) in [5.74, 6) is 0.842. The van der Waals surface area contributed by atoms with E-state index in [1.165, 1.54) is 11.1 Å². The molecule has 0 aliphatic heterocycles. The number of rotatable bonds is 11. The first-order valence-corrected chi connectivity index (χ1v) is 13.1. The second-order valence-corrected chi connectivity index (χ2v) is 12.1. The molecule has 0 saturated carbocycles. The number of ketones is 1. The molecule has 0 saturated heterocycles. The third-order valence-corrected chi connectivity index (χ3v) is 7.91. The number of carbonyl (C=O) groups excluding carboxylic acids is 1. The van der Waals surface area contributed by atoms with Gasteiger partial charge >= 0.3 is 7.48 Å². The summed E-state index contributed by atoms with van der Waals surface area (Å²) >= 11 is 0. The van der Waals surface area contributed by atoms with Crippen molar-refractivity contribution in [1.82, 2.24) is 0 Å². The smallest absolute Gasteiger partial charge is 0.331 e. The second kappa shape index (κ2) is 11.1. The standard InChI is InChI=1S/C31H46BO4/c1-12-31(13-2,24-15-17-26(22(4)19-24)35-20-27(33)28(5,6)7)23-14-16-25(21(3)18-23)32-36-30(10,11)29(8,9)34/h14-19,34H,12-13,20H2,1-11H3. The maximum absolute atomic E-state index is 12.3. The van der Waals surface area contributed by atoms with Crippen LogP contribution in [-0.2, 0) is 14.9 Å². The largest absolute Gasteiger partial charge is 0.486 e. The fourth-order valence-electron chi connectivity index (χ4n) is 4.16. The van der Waals surface area contributed by atoms with Crippen LogP contribution in [0.25, 0.3) is 0 Å². The van der Waals surface area contributed by atoms with Crippen LogP contribution in [-0.4, -0.2) is 36.2 Å². The van der Waals surface area contributed by atoms with Crippen molar-refractivity contribution in [3.05, 3.63) is 58.7 Å². The Morgan fingerprint density at radius 2 is 1.39 bits per heavy atom. The summed E-state index contributed by atoms with van der Waals surface area (Å²) in [6, 6.07) is 12.9. The maximum Gasteiger partial charge on any atom is 0.331 e. The Balaban J connectivity index is 2.33. The molecule has 2 aromatic rings. The van der Waals surface area contributed by atoms with Crippen LogP contribution in [0.3, 0.4) is 0 Å². The van der Waals surface area contributed by atoms with E-state index >= 15 is 0 Å². The number of benzene rings is 2. The minimum atomic E-state index is -0.968. The van der Waals surface area contributed by atoms with Crippen LogP contribution < -0.4 is 10.2 Å². The van der Waals surface area contributed by atoms with Crippen molar-refractivity contribution in [3.8, 4) is 5.75 Å². The number of carbonyl (C=O) groups is 1. The fraction of sp³-hybridized carbons (Fsp3) is 0.581. The number of Topliss-reactive ketones (excluding diaryl/α,β-unsaturated/α-hetero) is 1. The molecule has 2 aromatic carbocycles. The van der Waals surface area contributed by atoms with E-state index in [1.54, 1.807) is 21.3 Å². The minimum absolute atomic E-state index is 0.0832. The van der Waals surface area contributed by atoms with E-state index in [2.05, 4.69) is 51.1 Å². The van der Waals surface area contributed by atoms with Gasteiger partial charge in [0.2, 0.25) is 0 Å². The Hall–Kier alpha value is -2.11. The highest BCUT2D eigenvalue weighted by atomic mass is 16.5. The summed E-state index contributed by atoms with van der Waals surface area (Å²) in [7, 11) is 1.76. The van der Waals surface area contributed by atoms with Crippen LogP contribution in [0.4, 0.5) is 0 Å². The molecule has 4 nitrogen and oxygen atoms in total. The van der Waals surface area contributed by atoms with Crippen molar-refractivity contribution in [3.63, 3.8) is 0 Å². The molecule has 2 rings (SSSR count). The van der Waals surface area contributed by atoms with E-state index < -0.39 is 16.6 Å². The first-order valence-electron chi connectivity index (χ1n) is 13.1. The van der Waals surface area contributed by atoms with E-state index in [0.717, 1.165) is 35.2 Å². The van der Waals surface area contributed by atoms with Gasteiger partial charge in [0.25, 0.3) is 0 Å². The fourth-order valence-corrected chi connectivity index (χ4v) is 4.16. The molecule has 0 aliphatic carbocycles. The zero-order valence-electron chi connectivity index (χ0n) is 24.3. The molecule has 0 spiro atoms. The molecule has 5 heteroatoms. The lowest BCUT2D eigenvalue weighted by molar-refractivity contribution is -0.128. The van der Waals surface area contributed by atoms with Crippen LogP contribution in [0.2, 0.25) is 0 Å². The minimum Gasteiger partial charge on any atom is -0.486 e. The zero-order chi connectivity index (χ0) is 27.5. The van der Waals surface area contributed by atoms with Gasteiger partial charge in [0, 0.05) is 10.8 Å². The molecular formula is C31H46BO4. The van der Waals surface area contributed by atoms with E-state index in [9.17, 15) is 9.90 Å². The van der Waals surface area contributed by atoms with Crippen molar-refractivity contribution in [2.45, 2.75) is 106 Å². The topological polar surface area (TPSA) is 55.8 Å². The average molecular weight is 494 g/mol. The molecule has 197 valence electrons. The monoisotopic (exact) mass is 493 g/mol. The molecule has 0 atom stereocenters. The van der Waals surface area contributed by atoms with E-state index in [1.807, 2.05) is 47.6 Å². The van der Waals surface area contributed by atoms with Crippen molar-refractivity contribution in [1.29, 1.82) is 0 Å². The van der Waals surface area contributed by atoms with Crippen molar-refractivity contribution >= 4 is 18.7 Å². The van der Waals surface area contributed by atoms with Gasteiger partial charge in [0.05, 0.1) is 11.2 Å². The summed E-state index contributed by atoms with van der Waals surface area (Å²) in [6.45, 7) is 21.7. The van der Waals surface area contributed by atoms with Crippen molar-refractivity contribution in [2.24, 2.45) is 5.41 Å². The number of ether oxygens (including phenoxy) is 1. The summed E-state index contributed by atoms with van der Waals surface area (Å²) in [4.78, 5) is 12.3. The number of hydrogen-bond acceptors (Lipinski definition) is 4. The Bertz CT molecular complexity index is 1050. The van der Waals surface area contributed by atoms with Gasteiger partial charge in [-0.3, -0.25) is 4.79 Å². The number of aliphatic hydroxyl groups is 1.